The van der Waals surface area contributed by atoms with Gasteiger partial charge in [0, 0.05) is 22.1 Å². The second kappa shape index (κ2) is 7.10. The molecule has 0 fully saturated rings. The molecule has 0 unspecified atom stereocenters. The third-order valence-corrected chi connectivity index (χ3v) is 5.14. The van der Waals surface area contributed by atoms with Crippen LogP contribution < -0.4 is 0 Å². The summed E-state index contributed by atoms with van der Waals surface area (Å²) in [7, 11) is 0. The van der Waals surface area contributed by atoms with Crippen molar-refractivity contribution in [3.8, 4) is 33.7 Å². The van der Waals surface area contributed by atoms with Gasteiger partial charge in [0.25, 0.3) is 0 Å². The summed E-state index contributed by atoms with van der Waals surface area (Å²) >= 11 is 1.21. The first-order valence-electron chi connectivity index (χ1n) is 8.43. The average Bonchev–Trinajstić information content (AvgIpc) is 3.33. The van der Waals surface area contributed by atoms with Crippen LogP contribution in [0.1, 0.15) is 21.6 Å². The summed E-state index contributed by atoms with van der Waals surface area (Å²) in [5, 5.41) is 25.2. The molecule has 2 heterocycles. The molecule has 28 heavy (non-hydrogen) atoms. The Bertz CT molecular complexity index is 1220. The summed E-state index contributed by atoms with van der Waals surface area (Å²) in [6.45, 7) is 1.96. The highest BCUT2D eigenvalue weighted by Gasteiger charge is 2.21. The predicted octanol–water partition coefficient (Wildman–Crippen LogP) is 4.54. The van der Waals surface area contributed by atoms with Gasteiger partial charge in [-0.15, -0.1) is 11.3 Å². The quantitative estimate of drug-likeness (QED) is 0.556. The number of carboxylic acid groups (broad SMARTS) is 1. The van der Waals surface area contributed by atoms with E-state index in [2.05, 4.69) is 11.1 Å². The van der Waals surface area contributed by atoms with Crippen LogP contribution in [0.4, 0.5) is 0 Å². The summed E-state index contributed by atoms with van der Waals surface area (Å²) < 4.78 is 1.66. The van der Waals surface area contributed by atoms with Crippen molar-refractivity contribution in [3.63, 3.8) is 0 Å². The lowest BCUT2D eigenvalue weighted by atomic mass is 10.0. The van der Waals surface area contributed by atoms with Crippen molar-refractivity contribution in [1.82, 2.24) is 14.8 Å². The van der Waals surface area contributed by atoms with Gasteiger partial charge in [0.15, 0.2) is 5.69 Å². The molecule has 0 atom stereocenters. The summed E-state index contributed by atoms with van der Waals surface area (Å²) in [5.74, 6) is -1.08. The standard InChI is InChI=1S/C21H14N4O2S/c1-13-18(15-7-3-2-4-8-15)24-25(21-23-17(12-28-21)20(26)27)19(13)16-9-5-6-14(10-16)11-22/h2-10,12H,1H3,(H,26,27). The van der Waals surface area contributed by atoms with E-state index in [1.54, 1.807) is 16.8 Å². The fourth-order valence-electron chi connectivity index (χ4n) is 3.04. The van der Waals surface area contributed by atoms with Crippen LogP contribution in [0.5, 0.6) is 0 Å². The molecule has 7 heteroatoms. The van der Waals surface area contributed by atoms with Gasteiger partial charge in [0.1, 0.15) is 0 Å². The van der Waals surface area contributed by atoms with Crippen molar-refractivity contribution >= 4 is 17.3 Å². The number of hydrogen-bond acceptors (Lipinski definition) is 5. The monoisotopic (exact) mass is 386 g/mol. The van der Waals surface area contributed by atoms with Crippen LogP contribution in [0.15, 0.2) is 60.0 Å². The first kappa shape index (κ1) is 17.6. The fourth-order valence-corrected chi connectivity index (χ4v) is 3.79. The molecule has 4 aromatic rings. The largest absolute Gasteiger partial charge is 0.476 e. The molecule has 2 aromatic carbocycles. The first-order valence-corrected chi connectivity index (χ1v) is 9.31. The Balaban J connectivity index is 1.97. The summed E-state index contributed by atoms with van der Waals surface area (Å²) in [4.78, 5) is 15.5. The molecular weight excluding hydrogens is 372 g/mol. The fraction of sp³-hybridized carbons (Fsp3) is 0.0476. The first-order chi connectivity index (χ1) is 13.6. The summed E-state index contributed by atoms with van der Waals surface area (Å²) in [6, 6.07) is 19.2. The molecular formula is C21H14N4O2S. The van der Waals surface area contributed by atoms with Gasteiger partial charge >= 0.3 is 5.97 Å². The second-order valence-electron chi connectivity index (χ2n) is 6.11. The van der Waals surface area contributed by atoms with E-state index in [0.717, 1.165) is 28.1 Å². The molecule has 0 amide bonds. The Morgan fingerprint density at radius 2 is 1.89 bits per heavy atom. The number of nitriles is 1. The maximum Gasteiger partial charge on any atom is 0.355 e. The minimum atomic E-state index is -1.08. The van der Waals surface area contributed by atoms with Crippen LogP contribution in [0.3, 0.4) is 0 Å². The van der Waals surface area contributed by atoms with E-state index < -0.39 is 5.97 Å². The number of aromatic carboxylic acids is 1. The number of aromatic nitrogens is 3. The van der Waals surface area contributed by atoms with Crippen molar-refractivity contribution in [1.29, 1.82) is 5.26 Å². The Morgan fingerprint density at radius 3 is 2.57 bits per heavy atom. The van der Waals surface area contributed by atoms with Crippen LogP contribution in [0.25, 0.3) is 27.6 Å². The van der Waals surface area contributed by atoms with E-state index in [1.165, 1.54) is 16.7 Å². The van der Waals surface area contributed by atoms with Crippen LogP contribution in [-0.2, 0) is 0 Å². The smallest absolute Gasteiger partial charge is 0.355 e. The minimum Gasteiger partial charge on any atom is -0.476 e. The minimum absolute atomic E-state index is 0.0221. The van der Waals surface area contributed by atoms with Crippen LogP contribution in [0, 0.1) is 18.3 Å². The molecule has 0 aliphatic rings. The average molecular weight is 386 g/mol. The Hall–Kier alpha value is -3.76. The highest BCUT2D eigenvalue weighted by molar-refractivity contribution is 7.12. The normalized spacial score (nSPS) is 10.6. The molecule has 2 aromatic heterocycles. The van der Waals surface area contributed by atoms with Crippen molar-refractivity contribution in [2.45, 2.75) is 6.92 Å². The van der Waals surface area contributed by atoms with Gasteiger partial charge in [0.2, 0.25) is 5.13 Å². The lowest BCUT2D eigenvalue weighted by Gasteiger charge is -2.06. The van der Waals surface area contributed by atoms with Gasteiger partial charge < -0.3 is 5.11 Å². The maximum atomic E-state index is 11.3. The molecule has 0 aliphatic heterocycles. The van der Waals surface area contributed by atoms with Crippen molar-refractivity contribution in [2.75, 3.05) is 0 Å². The lowest BCUT2D eigenvalue weighted by Crippen LogP contribution is -2.02. The van der Waals surface area contributed by atoms with Gasteiger partial charge in [-0.1, -0.05) is 42.5 Å². The number of hydrogen-bond donors (Lipinski definition) is 1. The van der Waals surface area contributed by atoms with Crippen molar-refractivity contribution < 1.29 is 9.90 Å². The second-order valence-corrected chi connectivity index (χ2v) is 6.95. The lowest BCUT2D eigenvalue weighted by molar-refractivity contribution is 0.0691. The third kappa shape index (κ3) is 3.06. The number of thiazole rings is 1. The number of nitrogens with zero attached hydrogens (tertiary/aromatic N) is 4. The molecule has 4 rings (SSSR count). The van der Waals surface area contributed by atoms with Crippen LogP contribution in [0.2, 0.25) is 0 Å². The number of benzene rings is 2. The molecule has 0 spiro atoms. The van der Waals surface area contributed by atoms with Crippen LogP contribution in [-0.4, -0.2) is 25.8 Å². The highest BCUT2D eigenvalue weighted by Crippen LogP contribution is 2.34. The van der Waals surface area contributed by atoms with Gasteiger partial charge in [-0.05, 0) is 19.1 Å². The molecule has 0 saturated carbocycles. The summed E-state index contributed by atoms with van der Waals surface area (Å²) in [6.07, 6.45) is 0. The van der Waals surface area contributed by atoms with E-state index in [1.807, 2.05) is 49.4 Å². The summed E-state index contributed by atoms with van der Waals surface area (Å²) in [5.41, 5.74) is 4.77. The van der Waals surface area contributed by atoms with Gasteiger partial charge in [-0.2, -0.15) is 10.4 Å². The molecule has 136 valence electrons. The SMILES string of the molecule is Cc1c(-c2ccccc2)nn(-c2nc(C(=O)O)cs2)c1-c1cccc(C#N)c1. The van der Waals surface area contributed by atoms with E-state index in [4.69, 9.17) is 5.10 Å². The van der Waals surface area contributed by atoms with Gasteiger partial charge in [-0.3, -0.25) is 0 Å². The molecule has 0 bridgehead atoms. The third-order valence-electron chi connectivity index (χ3n) is 4.33. The highest BCUT2D eigenvalue weighted by atomic mass is 32.1. The number of rotatable bonds is 4. The molecule has 6 nitrogen and oxygen atoms in total. The topological polar surface area (TPSA) is 91.8 Å². The van der Waals surface area contributed by atoms with E-state index in [9.17, 15) is 15.2 Å². The predicted molar refractivity (Wildman–Crippen MR) is 107 cm³/mol. The van der Waals surface area contributed by atoms with Crippen molar-refractivity contribution in [2.24, 2.45) is 0 Å². The van der Waals surface area contributed by atoms with E-state index >= 15 is 0 Å². The maximum absolute atomic E-state index is 11.3. The van der Waals surface area contributed by atoms with Crippen molar-refractivity contribution in [3.05, 3.63) is 76.8 Å². The Labute approximate surface area is 165 Å². The Kier molecular flexibility index (Phi) is 4.47. The molecule has 0 radical (unpaired) electrons. The number of carbonyl (C=O) groups is 1. The van der Waals surface area contributed by atoms with E-state index in [-0.39, 0.29) is 5.69 Å². The zero-order valence-corrected chi connectivity index (χ0v) is 15.6. The van der Waals surface area contributed by atoms with Gasteiger partial charge in [-0.25, -0.2) is 14.5 Å². The van der Waals surface area contributed by atoms with Crippen LogP contribution >= 0.6 is 11.3 Å². The number of carboxylic acids is 1. The molecule has 0 saturated heterocycles. The molecule has 0 aliphatic carbocycles. The Morgan fingerprint density at radius 1 is 1.14 bits per heavy atom. The zero-order chi connectivity index (χ0) is 19.7. The zero-order valence-electron chi connectivity index (χ0n) is 14.8. The van der Waals surface area contributed by atoms with E-state index in [0.29, 0.717) is 10.7 Å². The molecule has 1 N–H and O–H groups in total. The van der Waals surface area contributed by atoms with Gasteiger partial charge in [0.05, 0.1) is 23.0 Å².